The lowest BCUT2D eigenvalue weighted by molar-refractivity contribution is -0.126. The standard InChI is InChI=1S/C76H94N8O6/c1-90-67-37-61-52(34-66(67)89)31-54-43-82-70(77)38-62(54)49(28-47-12-5-11-46(27-47)18-17-45-9-3-2-4-10-45)13-7-25-81-74(78)83-56-32-50-21-23-76-68-20-19-48(29-57(86)36-58(87)33-55(61)44-85)39-75(68,40-64-59-22-26-79-42-53(59)30-51-14-8-24-80-72(51)64)41-69(76)84-73-60(15-6-16-65(73)88)63(35-56)71(50)76/h2-6,8-12,14-15,27,33-34,37-38,43,48-51,53,56,59,64-65,68-73,79-80,82,84-85,88-89H,13,16-24,26,28-32,35-36,39-42,44,77H2,1H3,(H3,78,81,83)/b55-33+/t48-,49-,50-,51+,53+,56+,59-,64+,65-,68+,69-,70?,71-,72-,73+,75-,76+/m1/s1. The number of aromatic hydroxyl groups is 1. The van der Waals surface area contributed by atoms with Gasteiger partial charge in [0.05, 0.1) is 38.4 Å². The number of aryl methyl sites for hydroxylation is 2. The van der Waals surface area contributed by atoms with E-state index in [1.165, 1.54) is 48.3 Å². The highest BCUT2D eigenvalue weighted by Crippen LogP contribution is 2.75. The molecule has 90 heavy (non-hydrogen) atoms. The molecule has 1 spiro atoms. The first-order valence-corrected chi connectivity index (χ1v) is 34.2. The van der Waals surface area contributed by atoms with Crippen LogP contribution >= 0.6 is 0 Å². The van der Waals surface area contributed by atoms with Crippen molar-refractivity contribution in [1.82, 2.24) is 26.6 Å². The van der Waals surface area contributed by atoms with Gasteiger partial charge in [0.15, 0.2) is 17.3 Å². The summed E-state index contributed by atoms with van der Waals surface area (Å²) in [7, 11) is 1.48. The lowest BCUT2D eigenvalue weighted by Gasteiger charge is -2.56. The zero-order chi connectivity index (χ0) is 61.7. The van der Waals surface area contributed by atoms with E-state index in [4.69, 9.17) is 21.2 Å². The zero-order valence-electron chi connectivity index (χ0n) is 52.5. The van der Waals surface area contributed by atoms with Crippen LogP contribution in [-0.2, 0) is 35.3 Å². The molecule has 8 bridgehead atoms. The fraction of sp³-hybridized carbons (Fsp3) is 0.539. The summed E-state index contributed by atoms with van der Waals surface area (Å²) in [5.41, 5.74) is 23.5. The molecule has 474 valence electrons. The van der Waals surface area contributed by atoms with Crippen LogP contribution < -0.4 is 42.8 Å². The van der Waals surface area contributed by atoms with Crippen molar-refractivity contribution in [1.29, 1.82) is 0 Å². The van der Waals surface area contributed by atoms with Crippen molar-refractivity contribution < 1.29 is 29.6 Å². The smallest absolute Gasteiger partial charge is 0.202 e. The van der Waals surface area contributed by atoms with Crippen molar-refractivity contribution >= 4 is 23.1 Å². The Balaban J connectivity index is 0.843. The lowest BCUT2D eigenvalue weighted by Crippen LogP contribution is -2.57. The zero-order valence-corrected chi connectivity index (χ0v) is 52.5. The van der Waals surface area contributed by atoms with Crippen LogP contribution in [0.4, 0.5) is 0 Å². The summed E-state index contributed by atoms with van der Waals surface area (Å²) in [5.74, 6) is 6.88. The van der Waals surface area contributed by atoms with E-state index in [1.54, 1.807) is 12.1 Å². The van der Waals surface area contributed by atoms with E-state index in [2.05, 4.69) is 117 Å². The number of benzene rings is 3. The summed E-state index contributed by atoms with van der Waals surface area (Å²) in [6.07, 6.45) is 29.2. The number of carbonyl (C=O) groups is 2. The Morgan fingerprint density at radius 2 is 1.78 bits per heavy atom. The second kappa shape index (κ2) is 25.8. The summed E-state index contributed by atoms with van der Waals surface area (Å²) < 4.78 is 5.67. The van der Waals surface area contributed by atoms with Crippen LogP contribution in [0.5, 0.6) is 11.5 Å². The number of methoxy groups -OCH3 is 1. The second-order valence-electron chi connectivity index (χ2n) is 29.1. The summed E-state index contributed by atoms with van der Waals surface area (Å²) >= 11 is 0. The molecule has 8 aliphatic heterocycles. The number of dihydropyridines is 1. The number of ketones is 2. The maximum absolute atomic E-state index is 14.8. The number of nitrogens with zero attached hydrogens (tertiary/aromatic N) is 1. The Bertz CT molecular complexity index is 3520. The average Bonchev–Trinajstić information content (AvgIpc) is 1.51. The molecule has 8 heterocycles. The predicted molar refractivity (Wildman–Crippen MR) is 353 cm³/mol. The topological polar surface area (TPSA) is 229 Å². The number of nitrogens with one attached hydrogen (secondary N) is 5. The number of aliphatic hydroxyl groups is 2. The number of rotatable bonds is 9. The van der Waals surface area contributed by atoms with E-state index in [0.29, 0.717) is 102 Å². The molecule has 0 amide bonds. The number of fused-ring (bicyclic) bond motifs is 3. The molecule has 0 aromatic heterocycles. The molecule has 17 rings (SSSR count). The highest BCUT2D eigenvalue weighted by atomic mass is 16.5. The van der Waals surface area contributed by atoms with Gasteiger partial charge in [0.25, 0.3) is 0 Å². The number of phenols is 1. The van der Waals surface area contributed by atoms with Gasteiger partial charge in [-0.1, -0.05) is 90.4 Å². The van der Waals surface area contributed by atoms with Crippen molar-refractivity contribution in [3.63, 3.8) is 0 Å². The van der Waals surface area contributed by atoms with E-state index in [1.807, 2.05) is 12.3 Å². The van der Waals surface area contributed by atoms with Crippen LogP contribution in [0.3, 0.4) is 0 Å². The maximum Gasteiger partial charge on any atom is 0.202 e. The van der Waals surface area contributed by atoms with Crippen LogP contribution in [-0.4, -0.2) is 103 Å². The van der Waals surface area contributed by atoms with Gasteiger partial charge in [-0.2, -0.15) is 4.99 Å². The fourth-order valence-corrected chi connectivity index (χ4v) is 20.8. The number of guanidine groups is 1. The minimum absolute atomic E-state index is 0.0197. The molecule has 12 N–H and O–H groups in total. The molecule has 1 unspecified atom stereocenters. The first kappa shape index (κ1) is 61.0. The number of allylic oxidation sites excluding steroid dienone is 3. The van der Waals surface area contributed by atoms with Crippen LogP contribution in [0.1, 0.15) is 124 Å². The Morgan fingerprint density at radius 1 is 0.922 bits per heavy atom. The van der Waals surface area contributed by atoms with Gasteiger partial charge < -0.3 is 58.1 Å². The van der Waals surface area contributed by atoms with Gasteiger partial charge in [-0.25, -0.2) is 0 Å². The molecule has 6 aliphatic carbocycles. The highest BCUT2D eigenvalue weighted by Gasteiger charge is 2.71. The number of Topliss-reactive ketones (excluding diaryl/α,β-unsaturated/α-hetero) is 1. The maximum atomic E-state index is 14.8. The molecule has 6 fully saturated rings. The Hall–Kier alpha value is -6.57. The third-order valence-electron chi connectivity index (χ3n) is 24.1. The van der Waals surface area contributed by atoms with Crippen molar-refractivity contribution in [2.45, 2.75) is 158 Å². The fourth-order valence-electron chi connectivity index (χ4n) is 20.8. The van der Waals surface area contributed by atoms with Crippen LogP contribution in [0, 0.1) is 76.1 Å². The summed E-state index contributed by atoms with van der Waals surface area (Å²) in [6, 6.07) is 26.3. The van der Waals surface area contributed by atoms with Gasteiger partial charge in [-0.3, -0.25) is 9.59 Å². The molecule has 17 atom stereocenters. The molecule has 14 nitrogen and oxygen atoms in total. The monoisotopic (exact) mass is 1210 g/mol. The SMILES string of the molecule is COc1cc2c(cc1O)CC1=CNC(N)C=C1[C@@H](Cc1cccc(CCc3ccccc3)c1)CC#CN=C(N)N[C@@H]1CC3=C4C=CC[C@@H](O)[C@H]4N[C@@H]4C[C@]5(C[C@H]6[C@@H]7CCNC[C@@H]7C[C@@H]7C=CCN[C@@H]67)C[C@H](CC[C@@H]5[C@@]45CC[C@H](C1)[C@H]35)CC(=O)CC(=O)/C=C/2CO. The highest BCUT2D eigenvalue weighted by molar-refractivity contribution is 6.08. The van der Waals surface area contributed by atoms with Crippen molar-refractivity contribution in [3.8, 4) is 23.5 Å². The van der Waals surface area contributed by atoms with Crippen LogP contribution in [0.25, 0.3) is 5.57 Å². The van der Waals surface area contributed by atoms with Gasteiger partial charge in [-0.15, -0.1) is 0 Å². The Labute approximate surface area is 532 Å². The van der Waals surface area contributed by atoms with Gasteiger partial charge >= 0.3 is 0 Å². The molecule has 14 aliphatic rings. The Kier molecular flexibility index (Phi) is 17.5. The van der Waals surface area contributed by atoms with E-state index in [9.17, 15) is 24.9 Å². The van der Waals surface area contributed by atoms with E-state index >= 15 is 0 Å². The van der Waals surface area contributed by atoms with Gasteiger partial charge in [-0.05, 0) is 254 Å². The number of nitrogens with two attached hydrogens (primary N) is 2. The summed E-state index contributed by atoms with van der Waals surface area (Å²) in [5, 5.41) is 54.3. The lowest BCUT2D eigenvalue weighted by atomic mass is 9.50. The van der Waals surface area contributed by atoms with Crippen LogP contribution in [0.15, 0.2) is 137 Å². The van der Waals surface area contributed by atoms with Gasteiger partial charge in [0, 0.05) is 49.8 Å². The number of hydrogen-bond donors (Lipinski definition) is 10. The number of aliphatic imine (C=N–C) groups is 1. The largest absolute Gasteiger partial charge is 0.504 e. The molecule has 3 aromatic carbocycles. The van der Waals surface area contributed by atoms with E-state index < -0.39 is 18.9 Å². The molecule has 5 saturated carbocycles. The first-order chi connectivity index (χ1) is 43.8. The van der Waals surface area contributed by atoms with Crippen molar-refractivity contribution in [3.05, 3.63) is 159 Å². The number of phenolic OH excluding ortho intramolecular Hbond substituents is 1. The predicted octanol–water partition coefficient (Wildman–Crippen LogP) is 8.57. The summed E-state index contributed by atoms with van der Waals surface area (Å²) in [4.78, 5) is 34.1. The number of hydrogen-bond acceptors (Lipinski definition) is 14. The molecule has 14 heteroatoms. The number of carbonyl (C=O) groups excluding carboxylic acids is 2. The van der Waals surface area contributed by atoms with Crippen molar-refractivity contribution in [2.75, 3.05) is 33.4 Å². The van der Waals surface area contributed by atoms with E-state index in [-0.39, 0.29) is 70.3 Å². The molecular weight excluding hydrogens is 1120 g/mol. The normalized spacial score (nSPS) is 37.0. The third kappa shape index (κ3) is 11.9. The molecular formula is C76H94N8O6. The number of aliphatic hydroxyl groups excluding tert-OH is 2. The average molecular weight is 1220 g/mol. The quantitative estimate of drug-likeness (QED) is 0.0551. The van der Waals surface area contributed by atoms with Crippen LogP contribution in [0.2, 0.25) is 0 Å². The number of ether oxygens (including phenoxy) is 1. The molecule has 1 saturated heterocycles. The summed E-state index contributed by atoms with van der Waals surface area (Å²) in [6.45, 7) is 2.54. The Morgan fingerprint density at radius 3 is 2.64 bits per heavy atom. The second-order valence-corrected chi connectivity index (χ2v) is 29.1. The molecule has 0 radical (unpaired) electrons. The van der Waals surface area contributed by atoms with Crippen molar-refractivity contribution in [2.24, 2.45) is 80.6 Å². The molecule has 3 aromatic rings. The van der Waals surface area contributed by atoms with Gasteiger partial charge in [0.2, 0.25) is 5.96 Å². The first-order valence-electron chi connectivity index (χ1n) is 34.2. The third-order valence-corrected chi connectivity index (χ3v) is 24.1. The van der Waals surface area contributed by atoms with E-state index in [0.717, 1.165) is 107 Å². The number of piperidine rings is 1. The minimum Gasteiger partial charge on any atom is -0.504 e. The minimum atomic E-state index is -0.542. The van der Waals surface area contributed by atoms with Gasteiger partial charge in [0.1, 0.15) is 5.78 Å².